The molecule has 7 heteroatoms. The fraction of sp³-hybridized carbons (Fsp3) is 0.303. The number of ketones is 1. The average molecular weight is 555 g/mol. The minimum atomic E-state index is -0.837. The van der Waals surface area contributed by atoms with Crippen LogP contribution in [-0.2, 0) is 15.0 Å². The lowest BCUT2D eigenvalue weighted by Crippen LogP contribution is -2.29. The van der Waals surface area contributed by atoms with Gasteiger partial charge in [-0.1, -0.05) is 81.5 Å². The number of aliphatic hydroxyl groups excluding tert-OH is 1. The molecule has 1 atom stereocenters. The fourth-order valence-electron chi connectivity index (χ4n) is 5.08. The van der Waals surface area contributed by atoms with Crippen molar-refractivity contribution in [2.24, 2.45) is 0 Å². The van der Waals surface area contributed by atoms with Crippen LogP contribution in [0.5, 0.6) is 5.75 Å². The zero-order valence-corrected chi connectivity index (χ0v) is 24.6. The molecule has 1 fully saturated rings. The van der Waals surface area contributed by atoms with Gasteiger partial charge in [0.25, 0.3) is 5.78 Å². The Bertz CT molecular complexity index is 1640. The summed E-state index contributed by atoms with van der Waals surface area (Å²) < 4.78 is 6.70. The number of carbonyl (C=O) groups is 2. The second kappa shape index (κ2) is 10.5. The smallest absolute Gasteiger partial charge is 0.301 e. The molecule has 1 aliphatic rings. The summed E-state index contributed by atoms with van der Waals surface area (Å²) in [7, 11) is 0. The first-order valence-corrected chi connectivity index (χ1v) is 14.3. The molecule has 0 spiro atoms. The number of Topliss-reactive ketones (excluding diaryl/α,β-unsaturated/α-hetero) is 1. The third-order valence-electron chi connectivity index (χ3n) is 7.14. The molecule has 1 N–H and O–H groups in total. The first-order valence-electron chi connectivity index (χ1n) is 13.5. The highest BCUT2D eigenvalue weighted by atomic mass is 32.1. The van der Waals surface area contributed by atoms with E-state index in [4.69, 9.17) is 9.72 Å². The van der Waals surface area contributed by atoms with Crippen LogP contribution in [0.25, 0.3) is 16.0 Å². The predicted molar refractivity (Wildman–Crippen MR) is 161 cm³/mol. The minimum Gasteiger partial charge on any atom is -0.507 e. The van der Waals surface area contributed by atoms with Crippen LogP contribution in [-0.4, -0.2) is 28.4 Å². The summed E-state index contributed by atoms with van der Waals surface area (Å²) in [4.78, 5) is 33.6. The number of anilines is 1. The Kier molecular flexibility index (Phi) is 7.27. The van der Waals surface area contributed by atoms with Crippen LogP contribution in [0.4, 0.5) is 5.13 Å². The molecule has 40 heavy (non-hydrogen) atoms. The van der Waals surface area contributed by atoms with Gasteiger partial charge < -0.3 is 9.84 Å². The topological polar surface area (TPSA) is 79.7 Å². The Balaban J connectivity index is 1.70. The maximum absolute atomic E-state index is 13.7. The quantitative estimate of drug-likeness (QED) is 0.151. The van der Waals surface area contributed by atoms with E-state index in [2.05, 4.69) is 26.8 Å². The van der Waals surface area contributed by atoms with Gasteiger partial charge in [0.2, 0.25) is 0 Å². The summed E-state index contributed by atoms with van der Waals surface area (Å²) in [5.74, 6) is -1.10. The molecule has 5 rings (SSSR count). The number of hydrogen-bond acceptors (Lipinski definition) is 6. The number of hydrogen-bond donors (Lipinski definition) is 1. The first kappa shape index (κ1) is 27.6. The number of fused-ring (bicyclic) bond motifs is 1. The Labute approximate surface area is 238 Å². The van der Waals surface area contributed by atoms with Gasteiger partial charge in [-0.3, -0.25) is 14.5 Å². The van der Waals surface area contributed by atoms with E-state index in [1.165, 1.54) is 16.2 Å². The first-order chi connectivity index (χ1) is 19.0. The van der Waals surface area contributed by atoms with Crippen molar-refractivity contribution in [1.29, 1.82) is 0 Å². The number of carbonyl (C=O) groups excluding carboxylic acids is 2. The third-order valence-corrected chi connectivity index (χ3v) is 8.14. The van der Waals surface area contributed by atoms with Crippen LogP contribution in [0.15, 0.2) is 66.2 Å². The number of benzene rings is 3. The molecule has 206 valence electrons. The summed E-state index contributed by atoms with van der Waals surface area (Å²) in [6.45, 7) is 13.0. The molecule has 1 saturated heterocycles. The van der Waals surface area contributed by atoms with E-state index in [-0.39, 0.29) is 16.7 Å². The Morgan fingerprint density at radius 1 is 1.05 bits per heavy atom. The molecule has 0 saturated carbocycles. The van der Waals surface area contributed by atoms with E-state index < -0.39 is 17.7 Å². The van der Waals surface area contributed by atoms with Gasteiger partial charge in [0.1, 0.15) is 11.5 Å². The molecule has 1 unspecified atom stereocenters. The predicted octanol–water partition coefficient (Wildman–Crippen LogP) is 7.63. The van der Waals surface area contributed by atoms with Crippen molar-refractivity contribution >= 4 is 44.1 Å². The van der Waals surface area contributed by atoms with Crippen LogP contribution >= 0.6 is 11.3 Å². The molecule has 0 radical (unpaired) electrons. The van der Waals surface area contributed by atoms with Crippen LogP contribution in [0.1, 0.15) is 68.0 Å². The molecule has 1 amide bonds. The van der Waals surface area contributed by atoms with Crippen LogP contribution in [0, 0.1) is 13.8 Å². The fourth-order valence-corrected chi connectivity index (χ4v) is 6.25. The van der Waals surface area contributed by atoms with Gasteiger partial charge in [0.05, 0.1) is 28.4 Å². The van der Waals surface area contributed by atoms with E-state index in [0.717, 1.165) is 38.9 Å². The normalized spacial score (nSPS) is 17.1. The van der Waals surface area contributed by atoms with Crippen molar-refractivity contribution in [3.8, 4) is 5.75 Å². The summed E-state index contributed by atoms with van der Waals surface area (Å²) in [6, 6.07) is 18.1. The highest BCUT2D eigenvalue weighted by Gasteiger charge is 2.48. The molecular formula is C33H34N2O4S. The summed E-state index contributed by atoms with van der Waals surface area (Å²) in [6.07, 6.45) is 0.840. The number of aliphatic hydroxyl groups is 1. The molecule has 2 heterocycles. The number of aryl methyl sites for hydroxylation is 2. The standard InChI is InChI=1S/C33H34N2O4S/c1-7-15-39-24-10-8-9-22(18-24)29(36)26-28(21-11-13-23(14-12-21)33(4,5)6)35(31(38)30(26)37)32-34-27-20(3)16-19(2)17-25(27)40-32/h8-14,16-18,28,36H,7,15H2,1-6H3. The molecule has 6 nitrogen and oxygen atoms in total. The summed E-state index contributed by atoms with van der Waals surface area (Å²) in [5, 5.41) is 12.0. The molecule has 0 bridgehead atoms. The van der Waals surface area contributed by atoms with E-state index in [9.17, 15) is 14.7 Å². The maximum atomic E-state index is 13.7. The zero-order chi connectivity index (χ0) is 28.8. The van der Waals surface area contributed by atoms with Gasteiger partial charge in [-0.25, -0.2) is 4.98 Å². The largest absolute Gasteiger partial charge is 0.507 e. The van der Waals surface area contributed by atoms with Crippen molar-refractivity contribution in [1.82, 2.24) is 4.98 Å². The molecule has 4 aromatic rings. The lowest BCUT2D eigenvalue weighted by atomic mass is 9.85. The number of aromatic nitrogens is 1. The van der Waals surface area contributed by atoms with Gasteiger partial charge in [0, 0.05) is 5.56 Å². The molecular weight excluding hydrogens is 520 g/mol. The van der Waals surface area contributed by atoms with Crippen molar-refractivity contribution in [2.45, 2.75) is 59.4 Å². The van der Waals surface area contributed by atoms with Crippen molar-refractivity contribution in [3.05, 3.63) is 94.1 Å². The van der Waals surface area contributed by atoms with Gasteiger partial charge in [-0.15, -0.1) is 0 Å². The van der Waals surface area contributed by atoms with Gasteiger partial charge >= 0.3 is 5.91 Å². The monoisotopic (exact) mass is 554 g/mol. The number of ether oxygens (including phenoxy) is 1. The second-order valence-electron chi connectivity index (χ2n) is 11.3. The number of nitrogens with zero attached hydrogens (tertiary/aromatic N) is 2. The third kappa shape index (κ3) is 5.02. The SMILES string of the molecule is CCCOc1cccc(C(O)=C2C(=O)C(=O)N(c3nc4c(C)cc(C)cc4s3)C2c2ccc(C(C)(C)C)cc2)c1. The Morgan fingerprint density at radius 2 is 1.77 bits per heavy atom. The Morgan fingerprint density at radius 3 is 2.45 bits per heavy atom. The maximum Gasteiger partial charge on any atom is 0.301 e. The van der Waals surface area contributed by atoms with Crippen molar-refractivity contribution in [2.75, 3.05) is 11.5 Å². The van der Waals surface area contributed by atoms with Crippen LogP contribution in [0.2, 0.25) is 0 Å². The highest BCUT2D eigenvalue weighted by molar-refractivity contribution is 7.22. The zero-order valence-electron chi connectivity index (χ0n) is 23.7. The lowest BCUT2D eigenvalue weighted by Gasteiger charge is -2.24. The lowest BCUT2D eigenvalue weighted by molar-refractivity contribution is -0.132. The van der Waals surface area contributed by atoms with Crippen LogP contribution in [0.3, 0.4) is 0 Å². The van der Waals surface area contributed by atoms with E-state index in [1.54, 1.807) is 24.3 Å². The van der Waals surface area contributed by atoms with Gasteiger partial charge in [-0.05, 0) is 66.1 Å². The highest BCUT2D eigenvalue weighted by Crippen LogP contribution is 2.45. The van der Waals surface area contributed by atoms with Gasteiger partial charge in [0.15, 0.2) is 5.13 Å². The minimum absolute atomic E-state index is 0.0355. The molecule has 1 aromatic heterocycles. The summed E-state index contributed by atoms with van der Waals surface area (Å²) >= 11 is 1.37. The average Bonchev–Trinajstić information content (AvgIpc) is 3.45. The summed E-state index contributed by atoms with van der Waals surface area (Å²) in [5.41, 5.74) is 5.13. The van der Waals surface area contributed by atoms with E-state index in [0.29, 0.717) is 23.1 Å². The molecule has 3 aromatic carbocycles. The molecule has 0 aliphatic carbocycles. The van der Waals surface area contributed by atoms with Crippen LogP contribution < -0.4 is 9.64 Å². The van der Waals surface area contributed by atoms with E-state index in [1.807, 2.05) is 51.1 Å². The van der Waals surface area contributed by atoms with E-state index >= 15 is 0 Å². The van der Waals surface area contributed by atoms with Gasteiger partial charge in [-0.2, -0.15) is 0 Å². The molecule has 1 aliphatic heterocycles. The number of rotatable bonds is 6. The van der Waals surface area contributed by atoms with Crippen molar-refractivity contribution in [3.63, 3.8) is 0 Å². The van der Waals surface area contributed by atoms with Crippen molar-refractivity contribution < 1.29 is 19.4 Å². The number of amides is 1. The Hall–Kier alpha value is -3.97. The number of thiazole rings is 1. The second-order valence-corrected chi connectivity index (χ2v) is 12.4.